The molecule has 3 atom stereocenters. The van der Waals surface area contributed by atoms with Crippen LogP contribution in [0, 0.1) is 5.92 Å². The third-order valence-corrected chi connectivity index (χ3v) is 5.28. The molecule has 0 radical (unpaired) electrons. The van der Waals surface area contributed by atoms with Gasteiger partial charge in [0.1, 0.15) is 6.10 Å². The summed E-state index contributed by atoms with van der Waals surface area (Å²) >= 11 is 0. The molecule has 0 aliphatic heterocycles. The molecule has 3 unspecified atom stereocenters. The van der Waals surface area contributed by atoms with E-state index in [0.29, 0.717) is 19.8 Å². The fraction of sp³-hybridized carbons (Fsp3) is 0.333. The van der Waals surface area contributed by atoms with E-state index >= 15 is 0 Å². The summed E-state index contributed by atoms with van der Waals surface area (Å²) in [7, 11) is 0. The SMILES string of the molecule is OCC(COCc1ccccc1)C(OCc1ccccc1)C(CO)OCc1ccccc1. The van der Waals surface area contributed by atoms with Gasteiger partial charge in [0, 0.05) is 5.92 Å². The lowest BCUT2D eigenvalue weighted by Crippen LogP contribution is -2.43. The first-order valence-corrected chi connectivity index (χ1v) is 10.9. The Hall–Kier alpha value is -2.54. The summed E-state index contributed by atoms with van der Waals surface area (Å²) in [4.78, 5) is 0. The van der Waals surface area contributed by atoms with Crippen LogP contribution < -0.4 is 0 Å². The van der Waals surface area contributed by atoms with Crippen LogP contribution in [-0.2, 0) is 34.0 Å². The normalized spacial score (nSPS) is 14.1. The minimum absolute atomic E-state index is 0.139. The van der Waals surface area contributed by atoms with E-state index in [1.807, 2.05) is 91.0 Å². The summed E-state index contributed by atoms with van der Waals surface area (Å²) in [5, 5.41) is 20.2. The molecule has 3 rings (SSSR count). The maximum Gasteiger partial charge on any atom is 0.108 e. The molecule has 0 bridgehead atoms. The van der Waals surface area contributed by atoms with Crippen molar-refractivity contribution in [3.63, 3.8) is 0 Å². The molecule has 3 aromatic carbocycles. The Morgan fingerprint density at radius 3 is 1.50 bits per heavy atom. The number of hydrogen-bond donors (Lipinski definition) is 2. The molecule has 0 fully saturated rings. The quantitative estimate of drug-likeness (QED) is 0.400. The molecule has 5 heteroatoms. The summed E-state index contributed by atoms with van der Waals surface area (Å²) < 4.78 is 18.1. The van der Waals surface area contributed by atoms with Crippen LogP contribution in [0.25, 0.3) is 0 Å². The van der Waals surface area contributed by atoms with Gasteiger partial charge in [-0.15, -0.1) is 0 Å². The maximum atomic E-state index is 10.1. The van der Waals surface area contributed by atoms with Gasteiger partial charge in [0.15, 0.2) is 0 Å². The standard InChI is InChI=1S/C27H32O5/c28-16-25(21-30-18-22-10-4-1-5-11-22)27(32-20-24-14-8-3-9-15-24)26(17-29)31-19-23-12-6-2-7-13-23/h1-15,25-29H,16-21H2. The van der Waals surface area contributed by atoms with E-state index in [4.69, 9.17) is 14.2 Å². The van der Waals surface area contributed by atoms with Crippen molar-refractivity contribution in [2.75, 3.05) is 19.8 Å². The number of rotatable bonds is 14. The first-order chi connectivity index (χ1) is 15.8. The van der Waals surface area contributed by atoms with Crippen LogP contribution in [0.1, 0.15) is 16.7 Å². The van der Waals surface area contributed by atoms with Crippen molar-refractivity contribution in [1.82, 2.24) is 0 Å². The van der Waals surface area contributed by atoms with Crippen LogP contribution in [0.2, 0.25) is 0 Å². The highest BCUT2D eigenvalue weighted by molar-refractivity contribution is 5.15. The van der Waals surface area contributed by atoms with E-state index in [-0.39, 0.29) is 25.7 Å². The van der Waals surface area contributed by atoms with E-state index in [1.54, 1.807) is 0 Å². The van der Waals surface area contributed by atoms with Gasteiger partial charge in [-0.1, -0.05) is 91.0 Å². The highest BCUT2D eigenvalue weighted by Gasteiger charge is 2.31. The molecular formula is C27H32O5. The zero-order valence-corrected chi connectivity index (χ0v) is 18.3. The fourth-order valence-corrected chi connectivity index (χ4v) is 3.50. The van der Waals surface area contributed by atoms with E-state index in [1.165, 1.54) is 0 Å². The van der Waals surface area contributed by atoms with Gasteiger partial charge >= 0.3 is 0 Å². The average Bonchev–Trinajstić information content (AvgIpc) is 2.86. The number of aliphatic hydroxyl groups is 2. The van der Waals surface area contributed by atoms with Gasteiger partial charge in [0.25, 0.3) is 0 Å². The van der Waals surface area contributed by atoms with E-state index in [2.05, 4.69) is 0 Å². The topological polar surface area (TPSA) is 68.2 Å². The molecular weight excluding hydrogens is 404 g/mol. The Balaban J connectivity index is 1.66. The second-order valence-corrected chi connectivity index (χ2v) is 7.72. The van der Waals surface area contributed by atoms with Crippen molar-refractivity contribution in [3.8, 4) is 0 Å². The van der Waals surface area contributed by atoms with Crippen molar-refractivity contribution in [2.45, 2.75) is 32.0 Å². The summed E-state index contributed by atoms with van der Waals surface area (Å²) in [6, 6.07) is 29.5. The van der Waals surface area contributed by atoms with Crippen LogP contribution in [-0.4, -0.2) is 42.2 Å². The number of ether oxygens (including phenoxy) is 3. The monoisotopic (exact) mass is 436 g/mol. The Morgan fingerprint density at radius 2 is 1.03 bits per heavy atom. The predicted octanol–water partition coefficient (Wildman–Crippen LogP) is 3.97. The van der Waals surface area contributed by atoms with Gasteiger partial charge in [-0.3, -0.25) is 0 Å². The maximum absolute atomic E-state index is 10.1. The van der Waals surface area contributed by atoms with Crippen molar-refractivity contribution in [1.29, 1.82) is 0 Å². The Bertz CT molecular complexity index is 857. The third kappa shape index (κ3) is 7.86. The molecule has 3 aromatic rings. The van der Waals surface area contributed by atoms with E-state index < -0.39 is 12.2 Å². The largest absolute Gasteiger partial charge is 0.396 e. The van der Waals surface area contributed by atoms with Crippen LogP contribution in [0.3, 0.4) is 0 Å². The molecule has 0 aliphatic carbocycles. The first-order valence-electron chi connectivity index (χ1n) is 10.9. The van der Waals surface area contributed by atoms with Crippen molar-refractivity contribution in [2.24, 2.45) is 5.92 Å². The van der Waals surface area contributed by atoms with Gasteiger partial charge in [-0.25, -0.2) is 0 Å². The highest BCUT2D eigenvalue weighted by Crippen LogP contribution is 2.20. The number of aliphatic hydroxyl groups excluding tert-OH is 2. The second kappa shape index (κ2) is 13.8. The first kappa shape index (κ1) is 24.1. The molecule has 32 heavy (non-hydrogen) atoms. The van der Waals surface area contributed by atoms with E-state index in [0.717, 1.165) is 16.7 Å². The third-order valence-electron chi connectivity index (χ3n) is 5.28. The molecule has 5 nitrogen and oxygen atoms in total. The summed E-state index contributed by atoms with van der Waals surface area (Å²) in [6.07, 6.45) is -1.14. The zero-order valence-electron chi connectivity index (χ0n) is 18.3. The van der Waals surface area contributed by atoms with Crippen molar-refractivity contribution in [3.05, 3.63) is 108 Å². The van der Waals surface area contributed by atoms with Crippen LogP contribution >= 0.6 is 0 Å². The van der Waals surface area contributed by atoms with Gasteiger partial charge < -0.3 is 24.4 Å². The summed E-state index contributed by atoms with van der Waals surface area (Å²) in [5.41, 5.74) is 3.08. The lowest BCUT2D eigenvalue weighted by Gasteiger charge is -2.32. The molecule has 0 aromatic heterocycles. The molecule has 0 saturated heterocycles. The molecule has 0 amide bonds. The summed E-state index contributed by atoms with van der Waals surface area (Å²) in [5.74, 6) is -0.352. The van der Waals surface area contributed by atoms with Crippen LogP contribution in [0.4, 0.5) is 0 Å². The smallest absolute Gasteiger partial charge is 0.108 e. The second-order valence-electron chi connectivity index (χ2n) is 7.72. The molecule has 170 valence electrons. The molecule has 0 aliphatic rings. The van der Waals surface area contributed by atoms with Crippen LogP contribution in [0.5, 0.6) is 0 Å². The molecule has 0 saturated carbocycles. The van der Waals surface area contributed by atoms with Gasteiger partial charge in [0.05, 0.1) is 45.7 Å². The molecule has 0 spiro atoms. The van der Waals surface area contributed by atoms with Crippen molar-refractivity contribution >= 4 is 0 Å². The molecule has 0 heterocycles. The minimum Gasteiger partial charge on any atom is -0.396 e. The van der Waals surface area contributed by atoms with Crippen molar-refractivity contribution < 1.29 is 24.4 Å². The Kier molecular flexibility index (Phi) is 10.4. The lowest BCUT2D eigenvalue weighted by molar-refractivity contribution is -0.142. The van der Waals surface area contributed by atoms with Gasteiger partial charge in [-0.05, 0) is 16.7 Å². The van der Waals surface area contributed by atoms with Crippen LogP contribution in [0.15, 0.2) is 91.0 Å². The fourth-order valence-electron chi connectivity index (χ4n) is 3.50. The predicted molar refractivity (Wildman–Crippen MR) is 124 cm³/mol. The zero-order chi connectivity index (χ0) is 22.4. The number of hydrogen-bond acceptors (Lipinski definition) is 5. The minimum atomic E-state index is -0.601. The van der Waals surface area contributed by atoms with E-state index in [9.17, 15) is 10.2 Å². The Labute approximate surface area is 190 Å². The highest BCUT2D eigenvalue weighted by atomic mass is 16.5. The Morgan fingerprint density at radius 1 is 0.562 bits per heavy atom. The number of benzene rings is 3. The molecule has 2 N–H and O–H groups in total. The van der Waals surface area contributed by atoms with Gasteiger partial charge in [-0.2, -0.15) is 0 Å². The van der Waals surface area contributed by atoms with Gasteiger partial charge in [0.2, 0.25) is 0 Å². The lowest BCUT2D eigenvalue weighted by atomic mass is 9.99. The summed E-state index contributed by atoms with van der Waals surface area (Å²) in [6.45, 7) is 1.07. The average molecular weight is 437 g/mol.